The van der Waals surface area contributed by atoms with E-state index in [9.17, 15) is 15.0 Å². The number of aliphatic hydroxyl groups excluding tert-OH is 2. The summed E-state index contributed by atoms with van der Waals surface area (Å²) in [5.41, 5.74) is 8.12. The molecular weight excluding hydrogens is 476 g/mol. The summed E-state index contributed by atoms with van der Waals surface area (Å²) in [7, 11) is 1.44. The minimum atomic E-state index is -1.48. The van der Waals surface area contributed by atoms with E-state index in [-0.39, 0.29) is 29.5 Å². The van der Waals surface area contributed by atoms with E-state index < -0.39 is 18.1 Å². The number of methoxy groups -OCH3 is 1. The van der Waals surface area contributed by atoms with Crippen molar-refractivity contribution in [2.75, 3.05) is 13.7 Å². The first-order chi connectivity index (χ1) is 16.6. The van der Waals surface area contributed by atoms with E-state index in [0.717, 1.165) is 23.4 Å². The van der Waals surface area contributed by atoms with E-state index in [2.05, 4.69) is 29.0 Å². The van der Waals surface area contributed by atoms with Crippen LogP contribution in [0.15, 0.2) is 28.8 Å². The molecule has 0 aliphatic heterocycles. The van der Waals surface area contributed by atoms with Gasteiger partial charge in [-0.05, 0) is 43.5 Å². The molecule has 2 atom stereocenters. The number of primary amides is 1. The van der Waals surface area contributed by atoms with Crippen molar-refractivity contribution in [2.24, 2.45) is 11.7 Å². The number of carbonyl (C=O) groups excluding carboxylic acids is 1. The van der Waals surface area contributed by atoms with E-state index >= 15 is 0 Å². The predicted octanol–water partition coefficient (Wildman–Crippen LogP) is 2.94. The van der Waals surface area contributed by atoms with Crippen molar-refractivity contribution in [3.63, 3.8) is 0 Å². The predicted molar refractivity (Wildman–Crippen MR) is 129 cm³/mol. The second kappa shape index (κ2) is 11.5. The van der Waals surface area contributed by atoms with Crippen molar-refractivity contribution in [1.82, 2.24) is 15.1 Å². The number of nitrogens with two attached hydrogens (primary N) is 1. The molecule has 10 nitrogen and oxygen atoms in total. The fourth-order valence-electron chi connectivity index (χ4n) is 3.45. The molecule has 0 saturated carbocycles. The Hall–Kier alpha value is -3.21. The molecule has 1 aromatic carbocycles. The monoisotopic (exact) mass is 504 g/mol. The summed E-state index contributed by atoms with van der Waals surface area (Å²) in [6.45, 7) is 5.93. The minimum Gasteiger partial charge on any atom is -0.493 e. The van der Waals surface area contributed by atoms with Gasteiger partial charge in [-0.15, -0.1) is 0 Å². The molecule has 1 amide bonds. The fourth-order valence-corrected chi connectivity index (χ4v) is 3.72. The highest BCUT2D eigenvalue weighted by Crippen LogP contribution is 2.39. The Morgan fingerprint density at radius 2 is 1.91 bits per heavy atom. The SMILES string of the molecule is COc1cc(-c2noc(-c3cc(C)nc(CC(C)C)c3)n2)cc(Cl)c1OC[C@H](O)CC(O)C(N)=O. The van der Waals surface area contributed by atoms with Gasteiger partial charge in [-0.3, -0.25) is 9.78 Å². The second-order valence-electron chi connectivity index (χ2n) is 8.62. The van der Waals surface area contributed by atoms with Crippen molar-refractivity contribution in [1.29, 1.82) is 0 Å². The summed E-state index contributed by atoms with van der Waals surface area (Å²) in [5, 5.41) is 23.8. The highest BCUT2D eigenvalue weighted by molar-refractivity contribution is 6.32. The van der Waals surface area contributed by atoms with Crippen molar-refractivity contribution >= 4 is 17.5 Å². The highest BCUT2D eigenvalue weighted by Gasteiger charge is 2.21. The average Bonchev–Trinajstić information content (AvgIpc) is 3.27. The molecule has 0 spiro atoms. The van der Waals surface area contributed by atoms with Gasteiger partial charge in [-0.1, -0.05) is 30.6 Å². The maximum atomic E-state index is 11.0. The molecule has 188 valence electrons. The number of aryl methyl sites for hydroxylation is 1. The van der Waals surface area contributed by atoms with Crippen LogP contribution in [0, 0.1) is 12.8 Å². The second-order valence-corrected chi connectivity index (χ2v) is 9.02. The molecule has 11 heteroatoms. The van der Waals surface area contributed by atoms with Gasteiger partial charge in [-0.25, -0.2) is 0 Å². The van der Waals surface area contributed by atoms with Gasteiger partial charge in [0.05, 0.1) is 18.2 Å². The third kappa shape index (κ3) is 6.91. The zero-order chi connectivity index (χ0) is 25.7. The molecule has 35 heavy (non-hydrogen) atoms. The Morgan fingerprint density at radius 1 is 1.17 bits per heavy atom. The Labute approximate surface area is 208 Å². The van der Waals surface area contributed by atoms with Gasteiger partial charge in [0.1, 0.15) is 12.7 Å². The molecule has 1 unspecified atom stereocenters. The molecule has 0 aliphatic carbocycles. The molecule has 0 aliphatic rings. The van der Waals surface area contributed by atoms with Gasteiger partial charge < -0.3 is 29.9 Å². The first kappa shape index (κ1) is 26.4. The number of nitrogens with zero attached hydrogens (tertiary/aromatic N) is 3. The van der Waals surface area contributed by atoms with Crippen LogP contribution in [0.5, 0.6) is 11.5 Å². The van der Waals surface area contributed by atoms with Crippen LogP contribution in [-0.2, 0) is 11.2 Å². The fraction of sp³-hybridized carbons (Fsp3) is 0.417. The summed E-state index contributed by atoms with van der Waals surface area (Å²) in [6.07, 6.45) is -2.07. The number of carbonyl (C=O) groups is 1. The number of hydrogen-bond donors (Lipinski definition) is 3. The van der Waals surface area contributed by atoms with Crippen LogP contribution in [0.2, 0.25) is 5.02 Å². The van der Waals surface area contributed by atoms with Crippen molar-refractivity contribution in [3.8, 4) is 34.3 Å². The smallest absolute Gasteiger partial charge is 0.258 e. The minimum absolute atomic E-state index is 0.178. The molecular formula is C24H29ClN4O6. The van der Waals surface area contributed by atoms with E-state index in [1.54, 1.807) is 12.1 Å². The quantitative estimate of drug-likeness (QED) is 0.357. The van der Waals surface area contributed by atoms with Gasteiger partial charge in [0, 0.05) is 28.9 Å². The number of aromatic nitrogens is 3. The number of benzene rings is 1. The van der Waals surface area contributed by atoms with Gasteiger partial charge in [-0.2, -0.15) is 4.98 Å². The molecule has 2 aromatic heterocycles. The van der Waals surface area contributed by atoms with Gasteiger partial charge in [0.15, 0.2) is 11.5 Å². The van der Waals surface area contributed by atoms with Crippen molar-refractivity contribution < 1.29 is 29.0 Å². The first-order valence-corrected chi connectivity index (χ1v) is 11.4. The van der Waals surface area contributed by atoms with Crippen LogP contribution < -0.4 is 15.2 Å². The number of pyridine rings is 1. The van der Waals surface area contributed by atoms with Gasteiger partial charge >= 0.3 is 0 Å². The topological polar surface area (TPSA) is 154 Å². The zero-order valence-electron chi connectivity index (χ0n) is 20.0. The van der Waals surface area contributed by atoms with Crippen LogP contribution in [0.1, 0.15) is 31.7 Å². The van der Waals surface area contributed by atoms with Crippen LogP contribution >= 0.6 is 11.6 Å². The number of aliphatic hydroxyl groups is 2. The summed E-state index contributed by atoms with van der Waals surface area (Å²) >= 11 is 6.41. The van der Waals surface area contributed by atoms with Gasteiger partial charge in [0.25, 0.3) is 5.89 Å². The molecule has 3 aromatic rings. The highest BCUT2D eigenvalue weighted by atomic mass is 35.5. The molecule has 3 rings (SSSR count). The lowest BCUT2D eigenvalue weighted by Crippen LogP contribution is -2.33. The largest absolute Gasteiger partial charge is 0.493 e. The zero-order valence-corrected chi connectivity index (χ0v) is 20.7. The third-order valence-electron chi connectivity index (χ3n) is 5.03. The maximum Gasteiger partial charge on any atom is 0.258 e. The number of amides is 1. The maximum absolute atomic E-state index is 11.0. The van der Waals surface area contributed by atoms with Crippen molar-refractivity contribution in [3.05, 3.63) is 40.7 Å². The van der Waals surface area contributed by atoms with Crippen LogP contribution in [0.25, 0.3) is 22.8 Å². The Balaban J connectivity index is 1.81. The normalized spacial score (nSPS) is 13.0. The summed E-state index contributed by atoms with van der Waals surface area (Å²) in [4.78, 5) is 20.0. The molecule has 4 N–H and O–H groups in total. The molecule has 0 bridgehead atoms. The third-order valence-corrected chi connectivity index (χ3v) is 5.31. The van der Waals surface area contributed by atoms with Crippen LogP contribution in [0.3, 0.4) is 0 Å². The summed E-state index contributed by atoms with van der Waals surface area (Å²) < 4.78 is 16.5. The molecule has 0 saturated heterocycles. The first-order valence-electron chi connectivity index (χ1n) is 11.0. The number of hydrogen-bond acceptors (Lipinski definition) is 9. The lowest BCUT2D eigenvalue weighted by molar-refractivity contribution is -0.127. The molecule has 0 radical (unpaired) electrons. The Bertz CT molecular complexity index is 1180. The van der Waals surface area contributed by atoms with Gasteiger partial charge in [0.2, 0.25) is 11.7 Å². The van der Waals surface area contributed by atoms with E-state index in [0.29, 0.717) is 23.2 Å². The Kier molecular flexibility index (Phi) is 8.66. The standard InChI is InChI=1S/C24H29ClN4O6/c1-12(2)5-16-7-15(6-13(3)27-16)24-28-23(29-35-24)14-8-18(25)21(20(9-14)33-4)34-11-17(30)10-19(31)22(26)32/h6-9,12,17,19,30-31H,5,10-11H2,1-4H3,(H2,26,32)/t17-,19?/m1/s1. The van der Waals surface area contributed by atoms with E-state index in [1.165, 1.54) is 7.11 Å². The average molecular weight is 505 g/mol. The Morgan fingerprint density at radius 3 is 2.57 bits per heavy atom. The van der Waals surface area contributed by atoms with E-state index in [4.69, 9.17) is 31.3 Å². The van der Waals surface area contributed by atoms with E-state index in [1.807, 2.05) is 19.1 Å². The van der Waals surface area contributed by atoms with Crippen LogP contribution in [-0.4, -0.2) is 57.2 Å². The summed E-state index contributed by atoms with van der Waals surface area (Å²) in [6, 6.07) is 7.03. The molecule has 2 heterocycles. The van der Waals surface area contributed by atoms with Crippen molar-refractivity contribution in [2.45, 2.75) is 45.8 Å². The lowest BCUT2D eigenvalue weighted by atomic mass is 10.1. The van der Waals surface area contributed by atoms with Crippen LogP contribution in [0.4, 0.5) is 0 Å². The number of rotatable bonds is 11. The molecule has 0 fully saturated rings. The lowest BCUT2D eigenvalue weighted by Gasteiger charge is -2.17. The number of halogens is 1. The summed E-state index contributed by atoms with van der Waals surface area (Å²) in [5.74, 6) is 0.637. The number of ether oxygens (including phenoxy) is 2.